The molecule has 0 aliphatic carbocycles. The van der Waals surface area contributed by atoms with E-state index in [9.17, 15) is 5.48 Å². The van der Waals surface area contributed by atoms with Crippen LogP contribution in [0.3, 0.4) is 0 Å². The molecule has 3 heteroatoms. The Kier molecular flexibility index (Phi) is 6.87. The predicted molar refractivity (Wildman–Crippen MR) is 270 cm³/mol. The highest BCUT2D eigenvalue weighted by atomic mass is 28.3. The van der Waals surface area contributed by atoms with Crippen LogP contribution < -0.4 is 20.7 Å². The van der Waals surface area contributed by atoms with Gasteiger partial charge in [-0.25, -0.2) is 0 Å². The highest BCUT2D eigenvalue weighted by Gasteiger charge is 2.43. The fraction of sp³-hybridized carbons (Fsp3) is 0. The smallest absolute Gasteiger partial charge is 0.180 e. The van der Waals surface area contributed by atoms with Crippen molar-refractivity contribution >= 4 is 72.4 Å². The molecule has 296 valence electrons. The molecule has 0 aliphatic heterocycles. The Bertz CT molecular complexity index is 4090. The summed E-state index contributed by atoms with van der Waals surface area (Å²) in [6.07, 6.45) is 0. The van der Waals surface area contributed by atoms with E-state index in [2.05, 4.69) is 124 Å². The van der Waals surface area contributed by atoms with Gasteiger partial charge >= 0.3 is 0 Å². The minimum Gasteiger partial charge on any atom is -0.309 e. The fourth-order valence-corrected chi connectivity index (χ4v) is 14.6. The zero-order chi connectivity index (χ0) is 49.6. The van der Waals surface area contributed by atoms with Crippen LogP contribution in [0.4, 0.5) is 0 Å². The SMILES string of the molecule is [2H]c1c([2H])c([2H])c(-c2c([2H])c([2H])c([2H])c([Si](c3ccccc3)(c3ccccc3)c3cccc4c3c3ccccc3n4-c3cccc4c3c3ccccc3n4-c3ccccc3-c3ccccc3)c2[2H])c([2H])c1[2H]. The molecule has 0 saturated carbocycles. The van der Waals surface area contributed by atoms with Gasteiger partial charge in [0.1, 0.15) is 0 Å². The van der Waals surface area contributed by atoms with Crippen molar-refractivity contribution in [3.05, 3.63) is 255 Å². The summed E-state index contributed by atoms with van der Waals surface area (Å²) < 4.78 is 87.6. The van der Waals surface area contributed by atoms with Gasteiger partial charge in [-0.3, -0.25) is 0 Å². The molecule has 0 atom stereocenters. The molecule has 12 rings (SSSR count). The Morgan fingerprint density at radius 3 is 1.54 bits per heavy atom. The molecule has 0 amide bonds. The standard InChI is InChI=1S/C60H42N2Si/c1-5-22-43(23-6-1)45-26-19-31-48(42-45)63(46-27-9-3-10-28-46,47-29-11-4-12-30-47)58-41-21-40-57-60(58)51-34-15-18-37-54(51)62(57)56-39-20-38-55-59(56)50-33-14-17-36-53(50)61(55)52-35-16-13-32-49(52)44-24-7-2-8-25-44/h1-42H/i1D,5D,6D,19D,22D,23D,26D,31D,42D. The highest BCUT2D eigenvalue weighted by Crippen LogP contribution is 2.41. The van der Waals surface area contributed by atoms with E-state index in [4.69, 9.17) is 6.85 Å². The van der Waals surface area contributed by atoms with Crippen LogP contribution in [-0.4, -0.2) is 17.2 Å². The van der Waals surface area contributed by atoms with Gasteiger partial charge in [-0.05, 0) is 73.8 Å². The van der Waals surface area contributed by atoms with Gasteiger partial charge in [-0.1, -0.05) is 218 Å². The maximum Gasteiger partial charge on any atom is 0.180 e. The molecular formula is C60H42N2Si. The predicted octanol–water partition coefficient (Wildman–Crippen LogP) is 12.6. The number of nitrogens with zero attached hydrogens (tertiary/aromatic N) is 2. The van der Waals surface area contributed by atoms with Gasteiger partial charge in [0.2, 0.25) is 0 Å². The van der Waals surface area contributed by atoms with Gasteiger partial charge < -0.3 is 9.13 Å². The van der Waals surface area contributed by atoms with Crippen molar-refractivity contribution in [2.45, 2.75) is 0 Å². The molecule has 63 heavy (non-hydrogen) atoms. The lowest BCUT2D eigenvalue weighted by atomic mass is 10.0. The third kappa shape index (κ3) is 5.78. The summed E-state index contributed by atoms with van der Waals surface area (Å²) in [5.41, 5.74) is 7.46. The van der Waals surface area contributed by atoms with Crippen LogP contribution in [0.2, 0.25) is 0 Å². The molecule has 0 N–H and O–H groups in total. The number of benzene rings is 10. The molecule has 0 fully saturated rings. The monoisotopic (exact) mass is 827 g/mol. The van der Waals surface area contributed by atoms with Gasteiger partial charge in [0.05, 0.1) is 45.8 Å². The number of hydrogen-bond acceptors (Lipinski definition) is 0. The van der Waals surface area contributed by atoms with Crippen LogP contribution in [-0.2, 0) is 0 Å². The molecule has 2 nitrogen and oxygen atoms in total. The van der Waals surface area contributed by atoms with Gasteiger partial charge in [0.15, 0.2) is 8.07 Å². The van der Waals surface area contributed by atoms with E-state index < -0.39 is 50.4 Å². The minimum absolute atomic E-state index is 0.175. The lowest BCUT2D eigenvalue weighted by Crippen LogP contribution is -2.74. The lowest BCUT2D eigenvalue weighted by molar-refractivity contribution is 1.17. The second kappa shape index (κ2) is 15.2. The van der Waals surface area contributed by atoms with E-state index in [-0.39, 0.29) is 28.4 Å². The van der Waals surface area contributed by atoms with Crippen molar-refractivity contribution in [1.29, 1.82) is 0 Å². The Morgan fingerprint density at radius 1 is 0.333 bits per heavy atom. The van der Waals surface area contributed by atoms with Crippen molar-refractivity contribution in [3.63, 3.8) is 0 Å². The summed E-state index contributed by atoms with van der Waals surface area (Å²) in [6, 6.07) is 63.2. The quantitative estimate of drug-likeness (QED) is 0.107. The zero-order valence-corrected chi connectivity index (χ0v) is 34.9. The van der Waals surface area contributed by atoms with E-state index in [0.717, 1.165) is 81.7 Å². The highest BCUT2D eigenvalue weighted by molar-refractivity contribution is 7.20. The average Bonchev–Trinajstić information content (AvgIpc) is 3.95. The van der Waals surface area contributed by atoms with Crippen molar-refractivity contribution in [3.8, 4) is 33.6 Å². The fourth-order valence-electron chi connectivity index (χ4n) is 9.88. The van der Waals surface area contributed by atoms with Crippen molar-refractivity contribution in [2.24, 2.45) is 0 Å². The van der Waals surface area contributed by atoms with E-state index >= 15 is 0 Å². The third-order valence-electron chi connectivity index (χ3n) is 12.4. The summed E-state index contributed by atoms with van der Waals surface area (Å²) in [7, 11) is -4.07. The largest absolute Gasteiger partial charge is 0.309 e. The summed E-state index contributed by atoms with van der Waals surface area (Å²) in [4.78, 5) is 0. The van der Waals surface area contributed by atoms with Crippen LogP contribution in [0.1, 0.15) is 12.3 Å². The normalized spacial score (nSPS) is 13.8. The van der Waals surface area contributed by atoms with Crippen molar-refractivity contribution < 1.29 is 12.3 Å². The first-order valence-corrected chi connectivity index (χ1v) is 23.0. The average molecular weight is 828 g/mol. The van der Waals surface area contributed by atoms with Gasteiger partial charge in [0.25, 0.3) is 0 Å². The van der Waals surface area contributed by atoms with E-state index in [1.807, 2.05) is 84.9 Å². The maximum atomic E-state index is 10.3. The molecule has 2 aromatic heterocycles. The summed E-state index contributed by atoms with van der Waals surface area (Å²) in [5, 5.41) is 6.53. The molecule has 12 aromatic rings. The first kappa shape index (κ1) is 28.5. The van der Waals surface area contributed by atoms with Crippen molar-refractivity contribution in [1.82, 2.24) is 9.13 Å². The molecule has 0 aliphatic rings. The Labute approximate surface area is 380 Å². The second-order valence-corrected chi connectivity index (χ2v) is 19.4. The first-order valence-electron chi connectivity index (χ1n) is 25.5. The number of para-hydroxylation sites is 3. The van der Waals surface area contributed by atoms with Crippen molar-refractivity contribution in [2.75, 3.05) is 0 Å². The maximum absolute atomic E-state index is 10.3. The zero-order valence-electron chi connectivity index (χ0n) is 42.9. The molecule has 2 heterocycles. The Morgan fingerprint density at radius 2 is 0.841 bits per heavy atom. The summed E-state index contributed by atoms with van der Waals surface area (Å²) in [6.45, 7) is 0. The summed E-state index contributed by atoms with van der Waals surface area (Å²) in [5.74, 6) is 0. The number of aromatic nitrogens is 2. The minimum atomic E-state index is -4.07. The van der Waals surface area contributed by atoms with E-state index in [1.165, 1.54) is 0 Å². The third-order valence-corrected chi connectivity index (χ3v) is 17.0. The number of rotatable bonds is 8. The van der Waals surface area contributed by atoms with Gasteiger partial charge in [0, 0.05) is 27.1 Å². The lowest BCUT2D eigenvalue weighted by Gasteiger charge is -2.35. The van der Waals surface area contributed by atoms with Crippen LogP contribution in [0, 0.1) is 0 Å². The first-order chi connectivity index (χ1) is 35.0. The molecule has 0 radical (unpaired) electrons. The molecular weight excluding hydrogens is 777 g/mol. The topological polar surface area (TPSA) is 9.86 Å². The molecule has 10 aromatic carbocycles. The molecule has 0 unspecified atom stereocenters. The van der Waals surface area contributed by atoms with Crippen LogP contribution in [0.25, 0.3) is 77.2 Å². The van der Waals surface area contributed by atoms with Crippen LogP contribution >= 0.6 is 0 Å². The Hall–Kier alpha value is -7.98. The second-order valence-electron chi connectivity index (χ2n) is 15.7. The number of fused-ring (bicyclic) bond motifs is 6. The summed E-state index contributed by atoms with van der Waals surface area (Å²) >= 11 is 0. The Balaban J connectivity index is 1.23. The van der Waals surface area contributed by atoms with Crippen LogP contribution in [0.5, 0.6) is 0 Å². The van der Waals surface area contributed by atoms with E-state index in [0.29, 0.717) is 0 Å². The number of hydrogen-bond donors (Lipinski definition) is 0. The molecule has 0 bridgehead atoms. The molecule has 0 saturated heterocycles. The van der Waals surface area contributed by atoms with Gasteiger partial charge in [-0.2, -0.15) is 0 Å². The molecule has 0 spiro atoms. The van der Waals surface area contributed by atoms with E-state index in [1.54, 1.807) is 0 Å². The van der Waals surface area contributed by atoms with Crippen LogP contribution in [0.15, 0.2) is 255 Å². The van der Waals surface area contributed by atoms with Gasteiger partial charge in [-0.15, -0.1) is 0 Å².